The summed E-state index contributed by atoms with van der Waals surface area (Å²) >= 11 is 0. The van der Waals surface area contributed by atoms with Crippen LogP contribution in [0.4, 0.5) is 5.95 Å². The molecule has 134 valence electrons. The van der Waals surface area contributed by atoms with Crippen molar-refractivity contribution in [3.8, 4) is 5.82 Å². The summed E-state index contributed by atoms with van der Waals surface area (Å²) in [6.45, 7) is 0. The number of benzene rings is 1. The van der Waals surface area contributed by atoms with Crippen molar-refractivity contribution in [1.29, 1.82) is 0 Å². The van der Waals surface area contributed by atoms with E-state index in [4.69, 9.17) is 4.74 Å². The highest BCUT2D eigenvalue weighted by molar-refractivity contribution is 5.95. The van der Waals surface area contributed by atoms with E-state index < -0.39 is 0 Å². The number of carbonyl (C=O) groups is 1. The maximum atomic E-state index is 11.8. The van der Waals surface area contributed by atoms with Gasteiger partial charge in [0.1, 0.15) is 5.82 Å². The summed E-state index contributed by atoms with van der Waals surface area (Å²) in [4.78, 5) is 20.9. The Labute approximate surface area is 152 Å². The Morgan fingerprint density at radius 2 is 2.04 bits per heavy atom. The molecule has 6 nitrogen and oxygen atoms in total. The topological polar surface area (TPSA) is 69.0 Å². The zero-order valence-corrected chi connectivity index (χ0v) is 14.8. The van der Waals surface area contributed by atoms with Gasteiger partial charge in [-0.3, -0.25) is 0 Å². The predicted octanol–water partition coefficient (Wildman–Crippen LogP) is 3.95. The third-order valence-corrected chi connectivity index (χ3v) is 4.94. The summed E-state index contributed by atoms with van der Waals surface area (Å²) in [6.07, 6.45) is 9.90. The molecular formula is C20H22N4O2. The first kappa shape index (κ1) is 16.6. The smallest absolute Gasteiger partial charge is 0.337 e. The van der Waals surface area contributed by atoms with Crippen LogP contribution in [0.25, 0.3) is 16.7 Å². The lowest BCUT2D eigenvalue weighted by Gasteiger charge is -2.22. The number of carbonyl (C=O) groups excluding carboxylic acids is 1. The molecule has 0 spiro atoms. The first-order valence-corrected chi connectivity index (χ1v) is 9.04. The summed E-state index contributed by atoms with van der Waals surface area (Å²) < 4.78 is 6.79. The molecule has 1 aliphatic rings. The van der Waals surface area contributed by atoms with Crippen molar-refractivity contribution in [2.45, 2.75) is 38.1 Å². The number of ether oxygens (including phenoxy) is 1. The summed E-state index contributed by atoms with van der Waals surface area (Å²) in [6, 6.07) is 9.85. The molecular weight excluding hydrogens is 328 g/mol. The van der Waals surface area contributed by atoms with Crippen LogP contribution in [-0.4, -0.2) is 33.7 Å². The van der Waals surface area contributed by atoms with Crippen molar-refractivity contribution >= 4 is 22.8 Å². The fraction of sp³-hybridized carbons (Fsp3) is 0.350. The van der Waals surface area contributed by atoms with Crippen LogP contribution in [0, 0.1) is 0 Å². The van der Waals surface area contributed by atoms with Crippen molar-refractivity contribution in [1.82, 2.24) is 14.5 Å². The second kappa shape index (κ2) is 7.15. The quantitative estimate of drug-likeness (QED) is 0.722. The van der Waals surface area contributed by atoms with Crippen LogP contribution in [0.1, 0.15) is 42.5 Å². The Balaban J connectivity index is 1.66. The molecule has 1 aliphatic carbocycles. The molecule has 2 aromatic heterocycles. The van der Waals surface area contributed by atoms with Gasteiger partial charge in [-0.2, -0.15) is 4.98 Å². The first-order chi connectivity index (χ1) is 12.7. The average molecular weight is 350 g/mol. The third-order valence-electron chi connectivity index (χ3n) is 4.94. The molecule has 0 saturated heterocycles. The zero-order chi connectivity index (χ0) is 17.9. The second-order valence-corrected chi connectivity index (χ2v) is 6.67. The standard InChI is InChI=1S/C20H22N4O2/c1-26-19(25)15-8-7-14-10-12-24(17(14)13-15)18-9-11-21-20(23-18)22-16-5-3-2-4-6-16/h7-13,16H,2-6H2,1H3,(H,21,22,23). The Hall–Kier alpha value is -2.89. The van der Waals surface area contributed by atoms with Crippen molar-refractivity contribution in [3.63, 3.8) is 0 Å². The van der Waals surface area contributed by atoms with E-state index in [0.717, 1.165) is 16.7 Å². The van der Waals surface area contributed by atoms with Crippen LogP contribution in [0.15, 0.2) is 42.7 Å². The molecule has 0 radical (unpaired) electrons. The number of esters is 1. The summed E-state index contributed by atoms with van der Waals surface area (Å²) in [7, 11) is 1.39. The number of hydrogen-bond acceptors (Lipinski definition) is 5. The van der Waals surface area contributed by atoms with Crippen molar-refractivity contribution in [2.75, 3.05) is 12.4 Å². The van der Waals surface area contributed by atoms with E-state index in [1.54, 1.807) is 12.3 Å². The van der Waals surface area contributed by atoms with Crippen LogP contribution in [0.2, 0.25) is 0 Å². The summed E-state index contributed by atoms with van der Waals surface area (Å²) in [5.41, 5.74) is 1.43. The normalized spacial score (nSPS) is 15.1. The number of fused-ring (bicyclic) bond motifs is 1. The number of hydrogen-bond donors (Lipinski definition) is 1. The van der Waals surface area contributed by atoms with Gasteiger partial charge in [0, 0.05) is 23.8 Å². The van der Waals surface area contributed by atoms with E-state index in [1.165, 1.54) is 39.2 Å². The zero-order valence-electron chi connectivity index (χ0n) is 14.8. The average Bonchev–Trinajstić information content (AvgIpc) is 3.11. The fourth-order valence-electron chi connectivity index (χ4n) is 3.56. The Morgan fingerprint density at radius 1 is 1.19 bits per heavy atom. The van der Waals surface area contributed by atoms with E-state index >= 15 is 0 Å². The van der Waals surface area contributed by atoms with Crippen LogP contribution >= 0.6 is 0 Å². The van der Waals surface area contributed by atoms with Gasteiger partial charge in [0.05, 0.1) is 18.2 Å². The molecule has 2 heterocycles. The lowest BCUT2D eigenvalue weighted by molar-refractivity contribution is 0.0601. The van der Waals surface area contributed by atoms with Crippen molar-refractivity contribution in [3.05, 3.63) is 48.3 Å². The van der Waals surface area contributed by atoms with E-state index in [1.807, 2.05) is 35.0 Å². The van der Waals surface area contributed by atoms with Gasteiger partial charge >= 0.3 is 5.97 Å². The number of anilines is 1. The van der Waals surface area contributed by atoms with Gasteiger partial charge in [-0.15, -0.1) is 0 Å². The molecule has 0 atom stereocenters. The SMILES string of the molecule is COC(=O)c1ccc2ccn(-c3ccnc(NC4CCCCC4)n3)c2c1. The summed E-state index contributed by atoms with van der Waals surface area (Å²) in [5, 5.41) is 4.50. The van der Waals surface area contributed by atoms with Gasteiger partial charge in [-0.1, -0.05) is 25.3 Å². The molecule has 1 aromatic carbocycles. The molecule has 1 N–H and O–H groups in total. The minimum absolute atomic E-state index is 0.345. The van der Waals surface area contributed by atoms with E-state index in [0.29, 0.717) is 17.6 Å². The predicted molar refractivity (Wildman–Crippen MR) is 101 cm³/mol. The molecule has 0 amide bonds. The highest BCUT2D eigenvalue weighted by Crippen LogP contribution is 2.23. The third kappa shape index (κ3) is 3.27. The van der Waals surface area contributed by atoms with Gasteiger partial charge < -0.3 is 14.6 Å². The molecule has 26 heavy (non-hydrogen) atoms. The number of nitrogens with zero attached hydrogens (tertiary/aromatic N) is 3. The maximum absolute atomic E-state index is 11.8. The molecule has 1 fully saturated rings. The van der Waals surface area contributed by atoms with E-state index in [-0.39, 0.29) is 5.97 Å². The fourth-order valence-corrected chi connectivity index (χ4v) is 3.56. The monoisotopic (exact) mass is 350 g/mol. The van der Waals surface area contributed by atoms with Crippen molar-refractivity contribution < 1.29 is 9.53 Å². The highest BCUT2D eigenvalue weighted by Gasteiger charge is 2.15. The molecule has 0 aliphatic heterocycles. The van der Waals surface area contributed by atoms with Gasteiger partial charge in [-0.25, -0.2) is 9.78 Å². The van der Waals surface area contributed by atoms with Crippen LogP contribution in [-0.2, 0) is 4.74 Å². The van der Waals surface area contributed by atoms with Crippen LogP contribution in [0.5, 0.6) is 0 Å². The van der Waals surface area contributed by atoms with E-state index in [2.05, 4.69) is 15.3 Å². The number of methoxy groups -OCH3 is 1. The van der Waals surface area contributed by atoms with Crippen LogP contribution < -0.4 is 5.32 Å². The minimum atomic E-state index is -0.345. The molecule has 6 heteroatoms. The number of rotatable bonds is 4. The number of nitrogens with one attached hydrogen (secondary N) is 1. The van der Waals surface area contributed by atoms with Crippen molar-refractivity contribution in [2.24, 2.45) is 0 Å². The largest absolute Gasteiger partial charge is 0.465 e. The molecule has 0 unspecified atom stereocenters. The lowest BCUT2D eigenvalue weighted by atomic mass is 9.96. The van der Waals surface area contributed by atoms with Gasteiger partial charge in [0.2, 0.25) is 5.95 Å². The molecule has 1 saturated carbocycles. The van der Waals surface area contributed by atoms with Gasteiger partial charge in [-0.05, 0) is 37.1 Å². The first-order valence-electron chi connectivity index (χ1n) is 9.04. The highest BCUT2D eigenvalue weighted by atomic mass is 16.5. The Morgan fingerprint density at radius 3 is 2.85 bits per heavy atom. The number of aromatic nitrogens is 3. The maximum Gasteiger partial charge on any atom is 0.337 e. The van der Waals surface area contributed by atoms with Gasteiger partial charge in [0.25, 0.3) is 0 Å². The second-order valence-electron chi connectivity index (χ2n) is 6.67. The lowest BCUT2D eigenvalue weighted by Crippen LogP contribution is -2.23. The minimum Gasteiger partial charge on any atom is -0.465 e. The molecule has 4 rings (SSSR count). The van der Waals surface area contributed by atoms with Crippen LogP contribution in [0.3, 0.4) is 0 Å². The Bertz CT molecular complexity index is 928. The Kier molecular flexibility index (Phi) is 4.56. The van der Waals surface area contributed by atoms with E-state index in [9.17, 15) is 4.79 Å². The molecule has 0 bridgehead atoms. The van der Waals surface area contributed by atoms with Gasteiger partial charge in [0.15, 0.2) is 0 Å². The molecule has 3 aromatic rings. The summed E-state index contributed by atoms with van der Waals surface area (Å²) in [5.74, 6) is 1.08.